The van der Waals surface area contributed by atoms with Gasteiger partial charge < -0.3 is 4.98 Å². The van der Waals surface area contributed by atoms with E-state index in [1.807, 2.05) is 6.92 Å². The van der Waals surface area contributed by atoms with Crippen LogP contribution in [0.4, 0.5) is 0 Å². The number of nitrogens with zero attached hydrogens (tertiary/aromatic N) is 2. The predicted octanol–water partition coefficient (Wildman–Crippen LogP) is 2.53. The van der Waals surface area contributed by atoms with Crippen LogP contribution in [0.1, 0.15) is 44.9 Å². The number of hydrogen-bond donors (Lipinski definition) is 2. The lowest BCUT2D eigenvalue weighted by Crippen LogP contribution is -2.31. The van der Waals surface area contributed by atoms with Gasteiger partial charge in [-0.05, 0) is 43.4 Å². The molecule has 2 N–H and O–H groups in total. The van der Waals surface area contributed by atoms with E-state index < -0.39 is 11.2 Å². The van der Waals surface area contributed by atoms with Crippen molar-refractivity contribution in [2.75, 3.05) is 0 Å². The van der Waals surface area contributed by atoms with E-state index in [1.54, 1.807) is 4.57 Å². The third-order valence-corrected chi connectivity index (χ3v) is 6.00. The fourth-order valence-electron chi connectivity index (χ4n) is 4.65. The molecule has 0 aromatic carbocycles. The zero-order valence-electron chi connectivity index (χ0n) is 13.8. The quantitative estimate of drug-likeness (QED) is 0.833. The Labute approximate surface area is 144 Å². The molecule has 128 valence electrons. The van der Waals surface area contributed by atoms with Crippen molar-refractivity contribution in [3.8, 4) is 0 Å². The molecule has 0 spiro atoms. The van der Waals surface area contributed by atoms with Crippen LogP contribution in [0.25, 0.3) is 11.0 Å². The van der Waals surface area contributed by atoms with Gasteiger partial charge in [0.2, 0.25) is 0 Å². The van der Waals surface area contributed by atoms with Crippen molar-refractivity contribution in [3.63, 3.8) is 0 Å². The van der Waals surface area contributed by atoms with Gasteiger partial charge >= 0.3 is 5.69 Å². The predicted molar refractivity (Wildman–Crippen MR) is 94.7 cm³/mol. The van der Waals surface area contributed by atoms with Gasteiger partial charge in [0.25, 0.3) is 5.56 Å². The van der Waals surface area contributed by atoms with Gasteiger partial charge in [0.1, 0.15) is 21.5 Å². The summed E-state index contributed by atoms with van der Waals surface area (Å²) in [5.74, 6) is 3.13. The highest BCUT2D eigenvalue weighted by Gasteiger charge is 2.39. The van der Waals surface area contributed by atoms with Gasteiger partial charge in [-0.2, -0.15) is 0 Å². The molecule has 2 aromatic rings. The van der Waals surface area contributed by atoms with Gasteiger partial charge in [0.05, 0.1) is 0 Å². The molecule has 2 saturated carbocycles. The van der Waals surface area contributed by atoms with E-state index in [9.17, 15) is 9.59 Å². The minimum Gasteiger partial charge on any atom is -0.329 e. The first kappa shape index (κ1) is 15.7. The molecule has 2 aliphatic carbocycles. The molecular formula is C17H22N4O2S. The molecular weight excluding hydrogens is 324 g/mol. The van der Waals surface area contributed by atoms with Crippen molar-refractivity contribution in [2.24, 2.45) is 17.8 Å². The number of aromatic nitrogens is 4. The molecule has 0 amide bonds. The Kier molecular flexibility index (Phi) is 3.90. The zero-order valence-corrected chi connectivity index (χ0v) is 14.6. The molecule has 4 rings (SSSR count). The fourth-order valence-corrected chi connectivity index (χ4v) is 4.95. The summed E-state index contributed by atoms with van der Waals surface area (Å²) in [4.78, 5) is 34.4. The lowest BCUT2D eigenvalue weighted by Gasteiger charge is -2.21. The molecule has 7 heteroatoms. The fraction of sp³-hybridized carbons (Fsp3) is 0.647. The van der Waals surface area contributed by atoms with Gasteiger partial charge in [-0.15, -0.1) is 0 Å². The van der Waals surface area contributed by atoms with E-state index in [2.05, 4.69) is 15.0 Å². The second-order valence-corrected chi connectivity index (χ2v) is 7.65. The van der Waals surface area contributed by atoms with Crippen LogP contribution in [0.15, 0.2) is 9.59 Å². The van der Waals surface area contributed by atoms with Gasteiger partial charge in [0.15, 0.2) is 0 Å². The Morgan fingerprint density at radius 3 is 2.75 bits per heavy atom. The largest absolute Gasteiger partial charge is 0.329 e. The van der Waals surface area contributed by atoms with Crippen LogP contribution in [0.5, 0.6) is 0 Å². The number of fused-ring (bicyclic) bond motifs is 3. The third kappa shape index (κ3) is 2.55. The van der Waals surface area contributed by atoms with Gasteiger partial charge in [-0.25, -0.2) is 9.78 Å². The maximum Gasteiger partial charge on any atom is 0.329 e. The molecule has 24 heavy (non-hydrogen) atoms. The number of nitrogens with one attached hydrogen (secondary N) is 2. The summed E-state index contributed by atoms with van der Waals surface area (Å²) in [6.45, 7) is 2.53. The molecule has 3 unspecified atom stereocenters. The van der Waals surface area contributed by atoms with Crippen molar-refractivity contribution < 1.29 is 0 Å². The maximum absolute atomic E-state index is 12.1. The molecule has 0 aliphatic heterocycles. The molecule has 2 aliphatic rings. The smallest absolute Gasteiger partial charge is 0.329 e. The second-order valence-electron chi connectivity index (χ2n) is 7.26. The Hall–Kier alpha value is -1.76. The van der Waals surface area contributed by atoms with Gasteiger partial charge in [0, 0.05) is 13.0 Å². The van der Waals surface area contributed by atoms with Crippen molar-refractivity contribution in [1.82, 2.24) is 19.5 Å². The Bertz CT molecular complexity index is 958. The Morgan fingerprint density at radius 2 is 2.08 bits per heavy atom. The second kappa shape index (κ2) is 5.95. The van der Waals surface area contributed by atoms with Crippen molar-refractivity contribution >= 4 is 23.3 Å². The molecule has 0 radical (unpaired) electrons. The highest BCUT2D eigenvalue weighted by atomic mass is 32.1. The van der Waals surface area contributed by atoms with Crippen LogP contribution < -0.4 is 11.2 Å². The number of H-pyrrole nitrogens is 2. The summed E-state index contributed by atoms with van der Waals surface area (Å²) in [6.07, 6.45) is 6.96. The van der Waals surface area contributed by atoms with E-state index in [0.717, 1.165) is 30.5 Å². The first-order valence-corrected chi connectivity index (χ1v) is 9.23. The van der Waals surface area contributed by atoms with E-state index in [1.165, 1.54) is 25.7 Å². The molecule has 2 aromatic heterocycles. The van der Waals surface area contributed by atoms with Crippen LogP contribution in [-0.4, -0.2) is 19.5 Å². The van der Waals surface area contributed by atoms with E-state index in [0.29, 0.717) is 23.5 Å². The van der Waals surface area contributed by atoms with Crippen LogP contribution >= 0.6 is 12.2 Å². The molecule has 2 heterocycles. The molecule has 2 fully saturated rings. The highest BCUT2D eigenvalue weighted by molar-refractivity contribution is 7.71. The summed E-state index contributed by atoms with van der Waals surface area (Å²) in [5, 5.41) is 0.315. The SMILES string of the molecule is CCCn1c(=O)[nH]c(=O)c2c(=S)nc(CC3CC4CCC3C4)[nH]c21. The van der Waals surface area contributed by atoms with Crippen LogP contribution in [0.2, 0.25) is 0 Å². The van der Waals surface area contributed by atoms with E-state index >= 15 is 0 Å². The Morgan fingerprint density at radius 1 is 1.25 bits per heavy atom. The minimum atomic E-state index is -0.456. The average molecular weight is 346 g/mol. The van der Waals surface area contributed by atoms with Gasteiger partial charge in [-0.1, -0.05) is 25.6 Å². The summed E-state index contributed by atoms with van der Waals surface area (Å²) in [6, 6.07) is 0. The standard InChI is InChI=1S/C17H22N4O2S/c1-2-5-21-14-13(15(22)20-17(21)23)16(24)19-12(18-14)8-11-7-9-3-4-10(11)6-9/h9-11H,2-8H2,1H3,(H,18,19,24)(H,20,22,23). The van der Waals surface area contributed by atoms with E-state index in [4.69, 9.17) is 12.2 Å². The number of rotatable bonds is 4. The number of aryl methyl sites for hydroxylation is 1. The normalized spacial score (nSPS) is 25.6. The number of aromatic amines is 2. The third-order valence-electron chi connectivity index (χ3n) is 5.70. The minimum absolute atomic E-state index is 0.285. The van der Waals surface area contributed by atoms with Crippen LogP contribution in [0, 0.1) is 22.4 Å². The van der Waals surface area contributed by atoms with Crippen molar-refractivity contribution in [1.29, 1.82) is 0 Å². The first-order chi connectivity index (χ1) is 11.6. The number of hydrogen-bond acceptors (Lipinski definition) is 4. The first-order valence-electron chi connectivity index (χ1n) is 8.82. The lowest BCUT2D eigenvalue weighted by molar-refractivity contribution is 0.327. The van der Waals surface area contributed by atoms with E-state index in [-0.39, 0.29) is 4.64 Å². The molecule has 0 saturated heterocycles. The van der Waals surface area contributed by atoms with Crippen molar-refractivity contribution in [3.05, 3.63) is 31.3 Å². The average Bonchev–Trinajstić information content (AvgIpc) is 3.13. The van der Waals surface area contributed by atoms with Crippen LogP contribution in [-0.2, 0) is 13.0 Å². The maximum atomic E-state index is 12.1. The van der Waals surface area contributed by atoms with Crippen molar-refractivity contribution in [2.45, 2.75) is 52.0 Å². The Balaban J connectivity index is 1.80. The van der Waals surface area contributed by atoms with Gasteiger partial charge in [-0.3, -0.25) is 14.3 Å². The highest BCUT2D eigenvalue weighted by Crippen LogP contribution is 2.49. The monoisotopic (exact) mass is 346 g/mol. The topological polar surface area (TPSA) is 83.5 Å². The summed E-state index contributed by atoms with van der Waals surface area (Å²) in [5.41, 5.74) is -0.330. The lowest BCUT2D eigenvalue weighted by atomic mass is 9.86. The summed E-state index contributed by atoms with van der Waals surface area (Å²) in [7, 11) is 0. The molecule has 3 atom stereocenters. The molecule has 2 bridgehead atoms. The summed E-state index contributed by atoms with van der Waals surface area (Å²) < 4.78 is 1.85. The zero-order chi connectivity index (χ0) is 16.8. The summed E-state index contributed by atoms with van der Waals surface area (Å²) >= 11 is 5.36. The van der Waals surface area contributed by atoms with Crippen LogP contribution in [0.3, 0.4) is 0 Å². The molecule has 6 nitrogen and oxygen atoms in total.